The third-order valence-corrected chi connectivity index (χ3v) is 6.87. The van der Waals surface area contributed by atoms with E-state index in [4.69, 9.17) is 0 Å². The average Bonchev–Trinajstić information content (AvgIpc) is 2.62. The van der Waals surface area contributed by atoms with Crippen LogP contribution in [0.15, 0.2) is 23.1 Å². The van der Waals surface area contributed by atoms with E-state index in [-0.39, 0.29) is 25.5 Å². The van der Waals surface area contributed by atoms with E-state index >= 15 is 0 Å². The Bertz CT molecular complexity index is 738. The molecule has 2 saturated heterocycles. The fourth-order valence-corrected chi connectivity index (χ4v) is 4.95. The minimum atomic E-state index is -4.23. The van der Waals surface area contributed by atoms with Gasteiger partial charge in [0, 0.05) is 39.3 Å². The van der Waals surface area contributed by atoms with E-state index in [1.165, 1.54) is 0 Å². The zero-order valence-corrected chi connectivity index (χ0v) is 15.4. The highest BCUT2D eigenvalue weighted by Gasteiger charge is 2.33. The zero-order valence-electron chi connectivity index (χ0n) is 14.5. The second-order valence-corrected chi connectivity index (χ2v) is 8.55. The first kappa shape index (κ1) is 19.2. The molecule has 0 radical (unpaired) electrons. The van der Waals surface area contributed by atoms with Crippen LogP contribution < -0.4 is 0 Å². The summed E-state index contributed by atoms with van der Waals surface area (Å²) in [4.78, 5) is 15.1. The smallest absolute Gasteiger partial charge is 0.249 e. The van der Waals surface area contributed by atoms with E-state index in [0.29, 0.717) is 13.1 Å². The predicted molar refractivity (Wildman–Crippen MR) is 92.0 cm³/mol. The summed E-state index contributed by atoms with van der Waals surface area (Å²) < 4.78 is 53.9. The summed E-state index contributed by atoms with van der Waals surface area (Å²) in [7, 11) is -4.23. The van der Waals surface area contributed by atoms with Crippen LogP contribution in [-0.4, -0.2) is 74.2 Å². The van der Waals surface area contributed by atoms with Crippen molar-refractivity contribution < 1.29 is 22.0 Å². The second-order valence-electron chi connectivity index (χ2n) is 6.67. The maximum Gasteiger partial charge on any atom is 0.249 e. The van der Waals surface area contributed by atoms with Crippen LogP contribution in [0.25, 0.3) is 0 Å². The van der Waals surface area contributed by atoms with Crippen LogP contribution in [0.3, 0.4) is 0 Å². The fraction of sp³-hybridized carbons (Fsp3) is 0.588. The van der Waals surface area contributed by atoms with Crippen molar-refractivity contribution >= 4 is 15.9 Å². The van der Waals surface area contributed by atoms with Crippen LogP contribution in [0.4, 0.5) is 8.78 Å². The summed E-state index contributed by atoms with van der Waals surface area (Å²) in [6.07, 6.45) is 3.19. The Balaban J connectivity index is 1.60. The fourth-order valence-electron chi connectivity index (χ4n) is 3.42. The molecule has 2 fully saturated rings. The molecule has 2 heterocycles. The van der Waals surface area contributed by atoms with E-state index in [9.17, 15) is 22.0 Å². The molecule has 0 aliphatic carbocycles. The van der Waals surface area contributed by atoms with Gasteiger partial charge in [-0.3, -0.25) is 9.69 Å². The Morgan fingerprint density at radius 3 is 2.08 bits per heavy atom. The Kier molecular flexibility index (Phi) is 5.89. The van der Waals surface area contributed by atoms with Gasteiger partial charge < -0.3 is 4.90 Å². The number of hydrogen-bond acceptors (Lipinski definition) is 4. The number of amides is 1. The molecule has 1 amide bonds. The molecule has 0 spiro atoms. The molecule has 1 aromatic rings. The van der Waals surface area contributed by atoms with Crippen LogP contribution in [0, 0.1) is 11.6 Å². The molecule has 0 bridgehead atoms. The number of nitrogens with zero attached hydrogens (tertiary/aromatic N) is 3. The lowest BCUT2D eigenvalue weighted by molar-refractivity contribution is -0.133. The number of benzene rings is 1. The van der Waals surface area contributed by atoms with Gasteiger partial charge in [0.05, 0.1) is 6.54 Å². The lowest BCUT2D eigenvalue weighted by atomic mass is 10.1. The molecule has 144 valence electrons. The Morgan fingerprint density at radius 2 is 1.50 bits per heavy atom. The first-order valence-corrected chi connectivity index (χ1v) is 10.3. The first-order valence-electron chi connectivity index (χ1n) is 8.84. The number of likely N-dealkylation sites (tertiary alicyclic amines) is 1. The van der Waals surface area contributed by atoms with Crippen molar-refractivity contribution in [3.05, 3.63) is 29.8 Å². The van der Waals surface area contributed by atoms with E-state index in [1.807, 2.05) is 9.80 Å². The van der Waals surface area contributed by atoms with E-state index in [1.54, 1.807) is 0 Å². The standard InChI is InChI=1S/C17H23F2N3O3S/c18-14-5-4-6-15(19)17(14)26(24,25)22-11-9-20(10-12-22)13-16(23)21-7-2-1-3-8-21/h4-6H,1-3,7-13H2. The maximum atomic E-state index is 13.8. The highest BCUT2D eigenvalue weighted by molar-refractivity contribution is 7.89. The third-order valence-electron chi connectivity index (χ3n) is 4.92. The highest BCUT2D eigenvalue weighted by Crippen LogP contribution is 2.23. The molecule has 6 nitrogen and oxygen atoms in total. The van der Waals surface area contributed by atoms with Gasteiger partial charge in [0.25, 0.3) is 0 Å². The molecular weight excluding hydrogens is 364 g/mol. The van der Waals surface area contributed by atoms with Crippen LogP contribution >= 0.6 is 0 Å². The lowest BCUT2D eigenvalue weighted by Gasteiger charge is -2.35. The summed E-state index contributed by atoms with van der Waals surface area (Å²) >= 11 is 0. The van der Waals surface area contributed by atoms with Gasteiger partial charge >= 0.3 is 0 Å². The Labute approximate surface area is 152 Å². The van der Waals surface area contributed by atoms with E-state index in [2.05, 4.69) is 0 Å². The van der Waals surface area contributed by atoms with Crippen LogP contribution in [-0.2, 0) is 14.8 Å². The molecule has 2 aliphatic rings. The highest BCUT2D eigenvalue weighted by atomic mass is 32.2. The monoisotopic (exact) mass is 387 g/mol. The van der Waals surface area contributed by atoms with Crippen LogP contribution in [0.5, 0.6) is 0 Å². The van der Waals surface area contributed by atoms with Gasteiger partial charge in [-0.15, -0.1) is 0 Å². The van der Waals surface area contributed by atoms with Crippen molar-refractivity contribution in [3.8, 4) is 0 Å². The van der Waals surface area contributed by atoms with Gasteiger partial charge in [0.15, 0.2) is 4.90 Å². The molecule has 0 atom stereocenters. The van der Waals surface area contributed by atoms with Crippen molar-refractivity contribution in [3.63, 3.8) is 0 Å². The van der Waals surface area contributed by atoms with Crippen LogP contribution in [0.2, 0.25) is 0 Å². The predicted octanol–water partition coefficient (Wildman–Crippen LogP) is 1.28. The molecule has 0 saturated carbocycles. The topological polar surface area (TPSA) is 60.9 Å². The molecule has 1 aromatic carbocycles. The van der Waals surface area contributed by atoms with E-state index < -0.39 is 26.6 Å². The molecule has 0 unspecified atom stereocenters. The number of rotatable bonds is 4. The number of sulfonamides is 1. The normalized spacial score (nSPS) is 20.3. The molecular formula is C17H23F2N3O3S. The lowest BCUT2D eigenvalue weighted by Crippen LogP contribution is -2.52. The van der Waals surface area contributed by atoms with Crippen molar-refractivity contribution in [2.45, 2.75) is 24.2 Å². The average molecular weight is 387 g/mol. The summed E-state index contributed by atoms with van der Waals surface area (Å²) in [6, 6.07) is 3.00. The zero-order chi connectivity index (χ0) is 18.7. The van der Waals surface area contributed by atoms with Crippen LogP contribution in [0.1, 0.15) is 19.3 Å². The van der Waals surface area contributed by atoms with Crippen molar-refractivity contribution in [2.75, 3.05) is 45.8 Å². The van der Waals surface area contributed by atoms with Gasteiger partial charge in [-0.25, -0.2) is 17.2 Å². The quantitative estimate of drug-likeness (QED) is 0.781. The molecule has 0 aromatic heterocycles. The van der Waals surface area contributed by atoms with Gasteiger partial charge in [0.1, 0.15) is 11.6 Å². The van der Waals surface area contributed by atoms with Crippen molar-refractivity contribution in [1.82, 2.24) is 14.1 Å². The summed E-state index contributed by atoms with van der Waals surface area (Å²) in [5.74, 6) is -2.12. The minimum Gasteiger partial charge on any atom is -0.342 e. The second kappa shape index (κ2) is 7.98. The largest absolute Gasteiger partial charge is 0.342 e. The summed E-state index contributed by atoms with van der Waals surface area (Å²) in [5.41, 5.74) is 0. The Hall–Kier alpha value is -1.58. The first-order chi connectivity index (χ1) is 12.4. The third kappa shape index (κ3) is 4.05. The molecule has 9 heteroatoms. The number of halogens is 2. The maximum absolute atomic E-state index is 13.8. The summed E-state index contributed by atoms with van der Waals surface area (Å²) in [6.45, 7) is 2.72. The number of hydrogen-bond donors (Lipinski definition) is 0. The van der Waals surface area contributed by atoms with Gasteiger partial charge in [-0.05, 0) is 31.4 Å². The molecule has 0 N–H and O–H groups in total. The SMILES string of the molecule is O=C(CN1CCN(S(=O)(=O)c2c(F)cccc2F)CC1)N1CCCCC1. The number of piperidine rings is 1. The van der Waals surface area contributed by atoms with Crippen molar-refractivity contribution in [1.29, 1.82) is 0 Å². The number of carbonyl (C=O) groups is 1. The minimum absolute atomic E-state index is 0.0566. The molecule has 2 aliphatic heterocycles. The van der Waals surface area contributed by atoms with Gasteiger partial charge in [0.2, 0.25) is 15.9 Å². The van der Waals surface area contributed by atoms with Crippen molar-refractivity contribution in [2.24, 2.45) is 0 Å². The van der Waals surface area contributed by atoms with Gasteiger partial charge in [-0.1, -0.05) is 6.07 Å². The Morgan fingerprint density at radius 1 is 0.923 bits per heavy atom. The number of piperazine rings is 1. The molecule has 26 heavy (non-hydrogen) atoms. The summed E-state index contributed by atoms with van der Waals surface area (Å²) in [5, 5.41) is 0. The molecule has 3 rings (SSSR count). The van der Waals surface area contributed by atoms with E-state index in [0.717, 1.165) is 54.9 Å². The number of carbonyl (C=O) groups excluding carboxylic acids is 1. The van der Waals surface area contributed by atoms with Gasteiger partial charge in [-0.2, -0.15) is 4.31 Å².